The Morgan fingerprint density at radius 1 is 0.600 bits per heavy atom. The molecule has 2 heterocycles. The third-order valence-corrected chi connectivity index (χ3v) is 7.00. The summed E-state index contributed by atoms with van der Waals surface area (Å²) in [5.41, 5.74) is 5.17. The summed E-state index contributed by atoms with van der Waals surface area (Å²) in [5.74, 6) is 2.43. The minimum absolute atomic E-state index is 0.743. The van der Waals surface area contributed by atoms with E-state index in [1.54, 1.807) is 0 Å². The molecule has 6 aromatic rings. The average Bonchev–Trinajstić information content (AvgIpc) is 3.42. The largest absolute Gasteiger partial charge is 0.453 e. The molecule has 5 aromatic carbocycles. The highest BCUT2D eigenvalue weighted by Crippen LogP contribution is 2.50. The second-order valence-corrected chi connectivity index (χ2v) is 9.16. The van der Waals surface area contributed by atoms with Crippen molar-refractivity contribution in [3.8, 4) is 33.5 Å². The minimum Gasteiger partial charge on any atom is -0.453 e. The van der Waals surface area contributed by atoms with Crippen LogP contribution in [0.4, 0.5) is 17.1 Å². The molecule has 1 aliphatic rings. The van der Waals surface area contributed by atoms with Gasteiger partial charge in [-0.3, -0.25) is 0 Å². The Kier molecular flexibility index (Phi) is 4.60. The Labute approximate surface area is 206 Å². The van der Waals surface area contributed by atoms with Crippen molar-refractivity contribution >= 4 is 39.4 Å². The monoisotopic (exact) mass is 469 g/mol. The van der Waals surface area contributed by atoms with Crippen LogP contribution in [-0.2, 0) is 0 Å². The number of hydrogen-bond donors (Lipinski definition) is 0. The predicted octanol–water partition coefficient (Wildman–Crippen LogP) is 8.60. The van der Waals surface area contributed by atoms with Gasteiger partial charge < -0.3 is 9.64 Å². The summed E-state index contributed by atoms with van der Waals surface area (Å²) in [5, 5.41) is 3.35. The van der Waals surface area contributed by atoms with Gasteiger partial charge in [0.1, 0.15) is 5.01 Å². The van der Waals surface area contributed by atoms with Crippen LogP contribution in [-0.4, -0.2) is 9.36 Å². The second-order valence-electron chi connectivity index (χ2n) is 8.40. The zero-order valence-corrected chi connectivity index (χ0v) is 19.4. The van der Waals surface area contributed by atoms with Crippen LogP contribution in [0.15, 0.2) is 115 Å². The minimum atomic E-state index is 0.743. The van der Waals surface area contributed by atoms with Crippen molar-refractivity contribution in [3.05, 3.63) is 115 Å². The highest BCUT2D eigenvalue weighted by molar-refractivity contribution is 7.09. The number of benzene rings is 5. The van der Waals surface area contributed by atoms with Gasteiger partial charge >= 0.3 is 0 Å². The van der Waals surface area contributed by atoms with Crippen molar-refractivity contribution in [1.29, 1.82) is 0 Å². The van der Waals surface area contributed by atoms with E-state index in [0.29, 0.717) is 0 Å². The normalized spacial score (nSPS) is 12.2. The third-order valence-electron chi connectivity index (χ3n) is 6.24. The fourth-order valence-corrected chi connectivity index (χ4v) is 5.20. The van der Waals surface area contributed by atoms with E-state index in [4.69, 9.17) is 9.72 Å². The molecule has 0 saturated heterocycles. The number of ether oxygens (including phenoxy) is 1. The highest BCUT2D eigenvalue weighted by atomic mass is 32.1. The number of rotatable bonds is 3. The molecule has 0 bridgehead atoms. The van der Waals surface area contributed by atoms with Crippen LogP contribution in [0.2, 0.25) is 0 Å². The van der Waals surface area contributed by atoms with Crippen LogP contribution in [0, 0.1) is 0 Å². The van der Waals surface area contributed by atoms with E-state index in [-0.39, 0.29) is 0 Å². The Hall–Kier alpha value is -4.48. The van der Waals surface area contributed by atoms with Crippen molar-refractivity contribution in [1.82, 2.24) is 9.36 Å². The fourth-order valence-electron chi connectivity index (χ4n) is 4.52. The lowest BCUT2D eigenvalue weighted by atomic mass is 10.1. The van der Waals surface area contributed by atoms with Crippen LogP contribution >= 0.6 is 11.5 Å². The van der Waals surface area contributed by atoms with Crippen LogP contribution in [0.1, 0.15) is 0 Å². The number of nitrogens with zero attached hydrogens (tertiary/aromatic N) is 3. The molecular weight excluding hydrogens is 450 g/mol. The van der Waals surface area contributed by atoms with Gasteiger partial charge in [0.25, 0.3) is 0 Å². The molecule has 0 atom stereocenters. The molecule has 0 aliphatic carbocycles. The van der Waals surface area contributed by atoms with E-state index in [0.717, 1.165) is 50.5 Å². The Morgan fingerprint density at radius 2 is 1.23 bits per heavy atom. The van der Waals surface area contributed by atoms with Gasteiger partial charge in [0.15, 0.2) is 17.3 Å². The Morgan fingerprint density at radius 3 is 1.97 bits per heavy atom. The maximum atomic E-state index is 6.13. The first-order valence-electron chi connectivity index (χ1n) is 11.4. The second kappa shape index (κ2) is 8.08. The maximum Gasteiger partial charge on any atom is 0.173 e. The van der Waals surface area contributed by atoms with Crippen molar-refractivity contribution in [2.45, 2.75) is 0 Å². The molecule has 0 radical (unpaired) electrons. The lowest BCUT2D eigenvalue weighted by Gasteiger charge is -2.32. The first kappa shape index (κ1) is 19.9. The van der Waals surface area contributed by atoms with Crippen molar-refractivity contribution in [3.63, 3.8) is 0 Å². The standard InChI is InChI=1S/C30H19N3OS/c1-2-8-22-19-23(14-13-20(22)7-1)30-31-29(32-35-30)21-15-17-24(18-16-21)33-25-9-3-5-11-27(25)34-28-12-6-4-10-26(28)33/h1-19H. The highest BCUT2D eigenvalue weighted by Gasteiger charge is 2.25. The zero-order chi connectivity index (χ0) is 23.2. The quantitative estimate of drug-likeness (QED) is 0.260. The summed E-state index contributed by atoms with van der Waals surface area (Å²) in [6, 6.07) is 39.4. The number of fused-ring (bicyclic) bond motifs is 3. The SMILES string of the molecule is c1ccc2c(c1)Oc1ccccc1N2c1ccc(-c2nsc(-c3ccc4ccccc4c3)n2)cc1. The first-order valence-corrected chi connectivity index (χ1v) is 12.2. The van der Waals surface area contributed by atoms with Crippen LogP contribution in [0.25, 0.3) is 32.7 Å². The van der Waals surface area contributed by atoms with Crippen LogP contribution < -0.4 is 9.64 Å². The zero-order valence-electron chi connectivity index (χ0n) is 18.6. The lowest BCUT2D eigenvalue weighted by molar-refractivity contribution is 0.477. The molecule has 1 aliphatic heterocycles. The summed E-state index contributed by atoms with van der Waals surface area (Å²) in [4.78, 5) is 7.07. The maximum absolute atomic E-state index is 6.13. The molecule has 1 aromatic heterocycles. The van der Waals surface area contributed by atoms with Crippen LogP contribution in [0.5, 0.6) is 11.5 Å². The van der Waals surface area contributed by atoms with Gasteiger partial charge in [-0.15, -0.1) is 0 Å². The molecule has 35 heavy (non-hydrogen) atoms. The van der Waals surface area contributed by atoms with Gasteiger partial charge in [-0.05, 0) is 76.9 Å². The smallest absolute Gasteiger partial charge is 0.173 e. The lowest BCUT2D eigenvalue weighted by Crippen LogP contribution is -2.15. The van der Waals surface area contributed by atoms with Crippen molar-refractivity contribution in [2.75, 3.05) is 4.90 Å². The Balaban J connectivity index is 1.23. The predicted molar refractivity (Wildman–Crippen MR) is 143 cm³/mol. The number of hydrogen-bond acceptors (Lipinski definition) is 5. The van der Waals surface area contributed by atoms with Crippen molar-refractivity contribution in [2.24, 2.45) is 0 Å². The Bertz CT molecular complexity index is 1640. The van der Waals surface area contributed by atoms with E-state index in [9.17, 15) is 0 Å². The van der Waals surface area contributed by atoms with Gasteiger partial charge in [0.2, 0.25) is 0 Å². The van der Waals surface area contributed by atoms with E-state index < -0.39 is 0 Å². The average molecular weight is 470 g/mol. The van der Waals surface area contributed by atoms with Gasteiger partial charge in [-0.1, -0.05) is 60.7 Å². The number of para-hydroxylation sites is 4. The third kappa shape index (κ3) is 3.45. The number of aromatic nitrogens is 2. The van der Waals surface area contributed by atoms with E-state index >= 15 is 0 Å². The molecule has 5 heteroatoms. The fraction of sp³-hybridized carbons (Fsp3) is 0. The molecule has 4 nitrogen and oxygen atoms in total. The van der Waals surface area contributed by atoms with E-state index in [2.05, 4.69) is 88.1 Å². The van der Waals surface area contributed by atoms with Gasteiger partial charge in [-0.2, -0.15) is 4.37 Å². The van der Waals surface area contributed by atoms with Gasteiger partial charge in [0.05, 0.1) is 11.4 Å². The molecule has 0 N–H and O–H groups in total. The summed E-state index contributed by atoms with van der Waals surface area (Å²) in [6.45, 7) is 0. The summed E-state index contributed by atoms with van der Waals surface area (Å²) in [6.07, 6.45) is 0. The molecule has 0 unspecified atom stereocenters. The summed E-state index contributed by atoms with van der Waals surface area (Å²) < 4.78 is 10.8. The molecule has 166 valence electrons. The molecular formula is C30H19N3OS. The molecule has 0 saturated carbocycles. The summed E-state index contributed by atoms with van der Waals surface area (Å²) >= 11 is 1.43. The van der Waals surface area contributed by atoms with Crippen LogP contribution in [0.3, 0.4) is 0 Å². The molecule has 0 fully saturated rings. The van der Waals surface area contributed by atoms with E-state index in [1.807, 2.05) is 36.4 Å². The molecule has 7 rings (SSSR count). The molecule has 0 amide bonds. The first-order chi connectivity index (χ1) is 17.3. The van der Waals surface area contributed by atoms with Gasteiger partial charge in [0, 0.05) is 16.8 Å². The topological polar surface area (TPSA) is 38.2 Å². The van der Waals surface area contributed by atoms with E-state index in [1.165, 1.54) is 22.3 Å². The van der Waals surface area contributed by atoms with Gasteiger partial charge in [-0.25, -0.2) is 4.98 Å². The summed E-state index contributed by atoms with van der Waals surface area (Å²) in [7, 11) is 0. The number of anilines is 3. The molecule has 0 spiro atoms. The van der Waals surface area contributed by atoms with Crippen molar-refractivity contribution < 1.29 is 4.74 Å².